The maximum absolute atomic E-state index is 12.7. The normalized spacial score (nSPS) is 15.7. The molecule has 0 spiro atoms. The molecule has 24 heavy (non-hydrogen) atoms. The van der Waals surface area contributed by atoms with E-state index in [9.17, 15) is 9.59 Å². The minimum absolute atomic E-state index is 0.0822. The zero-order valence-corrected chi connectivity index (χ0v) is 14.2. The molecule has 2 heterocycles. The van der Waals surface area contributed by atoms with Crippen molar-refractivity contribution in [2.24, 2.45) is 0 Å². The Hall–Kier alpha value is -2.47. The van der Waals surface area contributed by atoms with Crippen molar-refractivity contribution in [2.45, 2.75) is 26.0 Å². The smallest absolute Gasteiger partial charge is 0.373 e. The number of nitrogens with zero attached hydrogens (tertiary/aromatic N) is 1. The quantitative estimate of drug-likeness (QED) is 0.794. The lowest BCUT2D eigenvalue weighted by Gasteiger charge is -2.38. The third kappa shape index (κ3) is 2.85. The number of benzene rings is 1. The lowest BCUT2D eigenvalue weighted by Crippen LogP contribution is -2.52. The molecule has 1 aromatic carbocycles. The first kappa shape index (κ1) is 16.4. The highest BCUT2D eigenvalue weighted by atomic mass is 35.5. The summed E-state index contributed by atoms with van der Waals surface area (Å²) in [6.07, 6.45) is 0. The molecule has 0 radical (unpaired) electrons. The second kappa shape index (κ2) is 5.87. The van der Waals surface area contributed by atoms with Crippen molar-refractivity contribution in [1.29, 1.82) is 0 Å². The summed E-state index contributed by atoms with van der Waals surface area (Å²) in [6, 6.07) is 8.23. The van der Waals surface area contributed by atoms with Crippen LogP contribution in [0, 0.1) is 0 Å². The number of amides is 1. The number of methoxy groups -OCH3 is 1. The van der Waals surface area contributed by atoms with E-state index in [0.717, 1.165) is 0 Å². The molecule has 0 atom stereocenters. The Morgan fingerprint density at radius 1 is 1.29 bits per heavy atom. The molecule has 7 heteroatoms. The van der Waals surface area contributed by atoms with Crippen molar-refractivity contribution < 1.29 is 23.5 Å². The molecule has 0 unspecified atom stereocenters. The van der Waals surface area contributed by atoms with Gasteiger partial charge >= 0.3 is 5.97 Å². The van der Waals surface area contributed by atoms with Crippen LogP contribution in [0.1, 0.15) is 30.2 Å². The van der Waals surface area contributed by atoms with Crippen LogP contribution in [-0.4, -0.2) is 24.6 Å². The van der Waals surface area contributed by atoms with Gasteiger partial charge in [-0.15, -0.1) is 0 Å². The van der Waals surface area contributed by atoms with E-state index in [1.165, 1.54) is 18.1 Å². The topological polar surface area (TPSA) is 69.0 Å². The molecule has 0 fully saturated rings. The number of carbonyl (C=O) groups is 2. The number of rotatable bonds is 3. The van der Waals surface area contributed by atoms with Gasteiger partial charge in [-0.3, -0.25) is 9.69 Å². The summed E-state index contributed by atoms with van der Waals surface area (Å²) in [4.78, 5) is 25.8. The monoisotopic (exact) mass is 349 g/mol. The maximum Gasteiger partial charge on any atom is 0.373 e. The highest BCUT2D eigenvalue weighted by Crippen LogP contribution is 2.40. The Morgan fingerprint density at radius 3 is 2.75 bits per heavy atom. The Balaban J connectivity index is 1.97. The fraction of sp³-hybridized carbons (Fsp3) is 0.294. The fourth-order valence-electron chi connectivity index (χ4n) is 2.53. The van der Waals surface area contributed by atoms with E-state index < -0.39 is 11.6 Å². The van der Waals surface area contributed by atoms with Gasteiger partial charge in [0.05, 0.1) is 19.3 Å². The van der Waals surface area contributed by atoms with E-state index in [4.69, 9.17) is 20.8 Å². The summed E-state index contributed by atoms with van der Waals surface area (Å²) in [7, 11) is 1.27. The fourth-order valence-corrected chi connectivity index (χ4v) is 2.69. The predicted molar refractivity (Wildman–Crippen MR) is 87.4 cm³/mol. The van der Waals surface area contributed by atoms with Gasteiger partial charge in [0.2, 0.25) is 5.76 Å². The van der Waals surface area contributed by atoms with E-state index in [1.807, 2.05) is 0 Å². The first-order chi connectivity index (χ1) is 11.3. The van der Waals surface area contributed by atoms with Gasteiger partial charge in [0.1, 0.15) is 11.5 Å². The lowest BCUT2D eigenvalue weighted by atomic mass is 10.0. The van der Waals surface area contributed by atoms with Crippen LogP contribution in [0.5, 0.6) is 5.75 Å². The number of furan rings is 1. The van der Waals surface area contributed by atoms with Gasteiger partial charge in [0.25, 0.3) is 5.91 Å². The summed E-state index contributed by atoms with van der Waals surface area (Å²) in [5.74, 6) is 0.293. The molecule has 0 aliphatic carbocycles. The van der Waals surface area contributed by atoms with Crippen LogP contribution in [0.4, 0.5) is 5.69 Å². The molecule has 0 N–H and O–H groups in total. The van der Waals surface area contributed by atoms with E-state index in [0.29, 0.717) is 22.2 Å². The van der Waals surface area contributed by atoms with Crippen molar-refractivity contribution in [1.82, 2.24) is 0 Å². The summed E-state index contributed by atoms with van der Waals surface area (Å²) in [5.41, 5.74) is -0.457. The van der Waals surface area contributed by atoms with Crippen molar-refractivity contribution >= 4 is 29.2 Å². The average molecular weight is 350 g/mol. The molecule has 6 nitrogen and oxygen atoms in total. The van der Waals surface area contributed by atoms with Crippen LogP contribution < -0.4 is 9.64 Å². The van der Waals surface area contributed by atoms with Crippen LogP contribution in [0.3, 0.4) is 0 Å². The molecule has 2 aromatic rings. The zero-order chi connectivity index (χ0) is 17.5. The van der Waals surface area contributed by atoms with E-state index in [1.54, 1.807) is 38.1 Å². The lowest BCUT2D eigenvalue weighted by molar-refractivity contribution is -0.132. The first-order valence-corrected chi connectivity index (χ1v) is 7.67. The summed E-state index contributed by atoms with van der Waals surface area (Å²) >= 11 is 6.05. The molecule has 0 bridgehead atoms. The predicted octanol–water partition coefficient (Wildman–Crippen LogP) is 3.42. The number of anilines is 1. The van der Waals surface area contributed by atoms with Crippen molar-refractivity contribution in [3.8, 4) is 5.75 Å². The van der Waals surface area contributed by atoms with Crippen LogP contribution in [0.25, 0.3) is 0 Å². The zero-order valence-electron chi connectivity index (χ0n) is 13.5. The highest BCUT2D eigenvalue weighted by Gasteiger charge is 2.41. The highest BCUT2D eigenvalue weighted by molar-refractivity contribution is 6.31. The third-order valence-electron chi connectivity index (χ3n) is 3.70. The molecule has 1 aromatic heterocycles. The average Bonchev–Trinajstić information content (AvgIpc) is 3.00. The molecule has 0 saturated carbocycles. The molecule has 0 saturated heterocycles. The number of fused-ring (bicyclic) bond motifs is 1. The molecular weight excluding hydrogens is 334 g/mol. The first-order valence-electron chi connectivity index (χ1n) is 7.29. The molecule has 1 aliphatic rings. The Morgan fingerprint density at radius 2 is 2.04 bits per heavy atom. The van der Waals surface area contributed by atoms with Gasteiger partial charge < -0.3 is 13.9 Å². The van der Waals surface area contributed by atoms with Gasteiger partial charge in [-0.05, 0) is 44.2 Å². The number of esters is 1. The number of halogens is 1. The maximum atomic E-state index is 12.7. The van der Waals surface area contributed by atoms with Crippen LogP contribution in [0.15, 0.2) is 34.7 Å². The molecule has 126 valence electrons. The van der Waals surface area contributed by atoms with Gasteiger partial charge in [-0.25, -0.2) is 4.79 Å². The van der Waals surface area contributed by atoms with Crippen molar-refractivity contribution in [3.05, 3.63) is 46.9 Å². The summed E-state index contributed by atoms with van der Waals surface area (Å²) < 4.78 is 15.8. The molecule has 3 rings (SSSR count). The van der Waals surface area contributed by atoms with E-state index in [2.05, 4.69) is 4.74 Å². The van der Waals surface area contributed by atoms with Crippen LogP contribution >= 0.6 is 11.6 Å². The molecule has 1 amide bonds. The summed E-state index contributed by atoms with van der Waals surface area (Å²) in [5, 5.41) is 0.490. The second-order valence-electron chi connectivity index (χ2n) is 5.87. The van der Waals surface area contributed by atoms with Gasteiger partial charge in [0.15, 0.2) is 5.60 Å². The van der Waals surface area contributed by atoms with Crippen molar-refractivity contribution in [3.63, 3.8) is 0 Å². The number of carbonyl (C=O) groups excluding carboxylic acids is 2. The van der Waals surface area contributed by atoms with Crippen molar-refractivity contribution in [2.75, 3.05) is 12.0 Å². The van der Waals surface area contributed by atoms with E-state index in [-0.39, 0.29) is 18.2 Å². The minimum Gasteiger partial charge on any atom is -0.476 e. The number of ether oxygens (including phenoxy) is 2. The largest absolute Gasteiger partial charge is 0.476 e. The summed E-state index contributed by atoms with van der Waals surface area (Å²) in [6.45, 7) is 3.54. The van der Waals surface area contributed by atoms with Gasteiger partial charge in [-0.1, -0.05) is 11.6 Å². The Bertz CT molecular complexity index is 811. The van der Waals surface area contributed by atoms with Crippen LogP contribution in [-0.2, 0) is 16.1 Å². The van der Waals surface area contributed by atoms with Gasteiger partial charge in [-0.2, -0.15) is 0 Å². The second-order valence-corrected chi connectivity index (χ2v) is 6.31. The third-order valence-corrected chi connectivity index (χ3v) is 3.93. The Labute approximate surface area is 143 Å². The minimum atomic E-state index is -1.02. The standard InChI is InChI=1S/C17H16ClNO5/c1-17(2)16(21)19(12-8-10(18)4-6-13(12)24-17)9-11-5-7-14(23-11)15(20)22-3/h4-8H,9H2,1-3H3. The van der Waals surface area contributed by atoms with Crippen LogP contribution in [0.2, 0.25) is 5.02 Å². The van der Waals surface area contributed by atoms with Gasteiger partial charge in [0, 0.05) is 5.02 Å². The molecule has 1 aliphatic heterocycles. The number of hydrogen-bond donors (Lipinski definition) is 0. The number of hydrogen-bond acceptors (Lipinski definition) is 5. The molecular formula is C17H16ClNO5. The SMILES string of the molecule is COC(=O)c1ccc(CN2C(=O)C(C)(C)Oc3ccc(Cl)cc32)o1. The van der Waals surface area contributed by atoms with E-state index >= 15 is 0 Å². The Kier molecular flexibility index (Phi) is 4.01.